The summed E-state index contributed by atoms with van der Waals surface area (Å²) < 4.78 is 0. The molecule has 2 rings (SSSR count). The largest absolute Gasteiger partial charge is 0.480 e. The SMILES string of the molecule is CCC1(CC)CCN(CC(N)(C(=O)O)C2CC2)CC1. The highest BCUT2D eigenvalue weighted by molar-refractivity contribution is 5.79. The van der Waals surface area contributed by atoms with Crippen molar-refractivity contribution in [2.75, 3.05) is 19.6 Å². The third-order valence-corrected chi connectivity index (χ3v) is 5.61. The van der Waals surface area contributed by atoms with Crippen molar-refractivity contribution >= 4 is 5.97 Å². The highest BCUT2D eigenvalue weighted by atomic mass is 16.4. The molecule has 110 valence electrons. The lowest BCUT2D eigenvalue weighted by atomic mass is 9.74. The number of rotatable bonds is 6. The summed E-state index contributed by atoms with van der Waals surface area (Å²) in [5, 5.41) is 9.42. The maximum atomic E-state index is 11.5. The number of carboxylic acid groups (broad SMARTS) is 1. The van der Waals surface area contributed by atoms with Crippen molar-refractivity contribution in [2.45, 2.75) is 57.9 Å². The van der Waals surface area contributed by atoms with Crippen LogP contribution < -0.4 is 5.73 Å². The minimum Gasteiger partial charge on any atom is -0.480 e. The van der Waals surface area contributed by atoms with Crippen molar-refractivity contribution in [2.24, 2.45) is 17.1 Å². The van der Waals surface area contributed by atoms with Crippen LogP contribution in [0.5, 0.6) is 0 Å². The van der Waals surface area contributed by atoms with Gasteiger partial charge in [-0.1, -0.05) is 26.7 Å². The number of carboxylic acids is 1. The second kappa shape index (κ2) is 5.41. The number of nitrogens with two attached hydrogens (primary N) is 1. The lowest BCUT2D eigenvalue weighted by Gasteiger charge is -2.43. The van der Waals surface area contributed by atoms with Gasteiger partial charge in [-0.25, -0.2) is 0 Å². The van der Waals surface area contributed by atoms with Crippen LogP contribution in [-0.4, -0.2) is 41.1 Å². The summed E-state index contributed by atoms with van der Waals surface area (Å²) in [7, 11) is 0. The predicted molar refractivity (Wildman–Crippen MR) is 76.0 cm³/mol. The van der Waals surface area contributed by atoms with Crippen LogP contribution in [0.15, 0.2) is 0 Å². The monoisotopic (exact) mass is 268 g/mol. The van der Waals surface area contributed by atoms with Gasteiger partial charge in [0.1, 0.15) is 5.54 Å². The molecule has 1 heterocycles. The topological polar surface area (TPSA) is 66.6 Å². The Bertz CT molecular complexity index is 327. The van der Waals surface area contributed by atoms with Crippen LogP contribution >= 0.6 is 0 Å². The average molecular weight is 268 g/mol. The molecule has 0 amide bonds. The second-order valence-corrected chi connectivity index (χ2v) is 6.60. The minimum absolute atomic E-state index is 0.189. The molecule has 0 spiro atoms. The molecular formula is C15H28N2O2. The van der Waals surface area contributed by atoms with Gasteiger partial charge in [-0.05, 0) is 50.1 Å². The van der Waals surface area contributed by atoms with Crippen LogP contribution in [0.4, 0.5) is 0 Å². The van der Waals surface area contributed by atoms with Crippen LogP contribution in [0.2, 0.25) is 0 Å². The summed E-state index contributed by atoms with van der Waals surface area (Å²) in [5.74, 6) is -0.633. The highest BCUT2D eigenvalue weighted by Crippen LogP contribution is 2.41. The molecule has 0 radical (unpaired) electrons. The Hall–Kier alpha value is -0.610. The quantitative estimate of drug-likeness (QED) is 0.774. The lowest BCUT2D eigenvalue weighted by molar-refractivity contribution is -0.145. The molecule has 1 unspecified atom stereocenters. The van der Waals surface area contributed by atoms with E-state index < -0.39 is 11.5 Å². The van der Waals surface area contributed by atoms with Crippen LogP contribution in [-0.2, 0) is 4.79 Å². The summed E-state index contributed by atoms with van der Waals surface area (Å²) in [6, 6.07) is 0. The first kappa shape index (κ1) is 14.8. The van der Waals surface area contributed by atoms with E-state index in [2.05, 4.69) is 18.7 Å². The van der Waals surface area contributed by atoms with E-state index in [0.29, 0.717) is 12.0 Å². The maximum absolute atomic E-state index is 11.5. The molecule has 3 N–H and O–H groups in total. The molecule has 0 bridgehead atoms. The average Bonchev–Trinajstić information content (AvgIpc) is 3.24. The van der Waals surface area contributed by atoms with Gasteiger partial charge in [0.25, 0.3) is 0 Å². The first-order chi connectivity index (χ1) is 8.96. The minimum atomic E-state index is -1.02. The summed E-state index contributed by atoms with van der Waals surface area (Å²) >= 11 is 0. The van der Waals surface area contributed by atoms with E-state index in [-0.39, 0.29) is 5.92 Å². The Morgan fingerprint density at radius 3 is 2.21 bits per heavy atom. The van der Waals surface area contributed by atoms with Gasteiger partial charge in [-0.3, -0.25) is 4.79 Å². The standard InChI is InChI=1S/C15H28N2O2/c1-3-14(4-2)7-9-17(10-8-14)11-15(16,13(18)19)12-5-6-12/h12H,3-11,16H2,1-2H3,(H,18,19). The molecule has 0 aromatic carbocycles. The smallest absolute Gasteiger partial charge is 0.325 e. The number of hydrogen-bond acceptors (Lipinski definition) is 3. The van der Waals surface area contributed by atoms with Crippen molar-refractivity contribution in [3.63, 3.8) is 0 Å². The Morgan fingerprint density at radius 2 is 1.84 bits per heavy atom. The van der Waals surface area contributed by atoms with Crippen molar-refractivity contribution < 1.29 is 9.90 Å². The molecule has 19 heavy (non-hydrogen) atoms. The Morgan fingerprint density at radius 1 is 1.32 bits per heavy atom. The molecule has 1 aliphatic heterocycles. The summed E-state index contributed by atoms with van der Waals surface area (Å²) in [6.45, 7) is 7.07. The number of hydrogen-bond donors (Lipinski definition) is 2. The van der Waals surface area contributed by atoms with Crippen molar-refractivity contribution in [3.05, 3.63) is 0 Å². The zero-order chi connectivity index (χ0) is 14.1. The number of piperidine rings is 1. The van der Waals surface area contributed by atoms with Crippen molar-refractivity contribution in [1.29, 1.82) is 0 Å². The Kier molecular flexibility index (Phi) is 4.21. The molecule has 0 aromatic rings. The second-order valence-electron chi connectivity index (χ2n) is 6.60. The van der Waals surface area contributed by atoms with E-state index in [1.165, 1.54) is 25.7 Å². The summed E-state index contributed by atoms with van der Waals surface area (Å²) in [4.78, 5) is 13.7. The summed E-state index contributed by atoms with van der Waals surface area (Å²) in [5.41, 5.74) is 5.64. The Labute approximate surface area is 116 Å². The number of carbonyl (C=O) groups is 1. The fourth-order valence-electron chi connectivity index (χ4n) is 3.48. The van der Waals surface area contributed by atoms with Gasteiger partial charge in [0.15, 0.2) is 0 Å². The van der Waals surface area contributed by atoms with Crippen LogP contribution in [0.1, 0.15) is 52.4 Å². The van der Waals surface area contributed by atoms with E-state index in [9.17, 15) is 9.90 Å². The van der Waals surface area contributed by atoms with Gasteiger partial charge in [-0.2, -0.15) is 0 Å². The van der Waals surface area contributed by atoms with Crippen LogP contribution in [0, 0.1) is 11.3 Å². The van der Waals surface area contributed by atoms with E-state index in [1.807, 2.05) is 0 Å². The van der Waals surface area contributed by atoms with E-state index in [0.717, 1.165) is 25.9 Å². The van der Waals surface area contributed by atoms with Gasteiger partial charge < -0.3 is 15.7 Å². The molecule has 1 aliphatic carbocycles. The first-order valence-corrected chi connectivity index (χ1v) is 7.70. The molecule has 4 nitrogen and oxygen atoms in total. The molecule has 1 atom stereocenters. The third kappa shape index (κ3) is 2.95. The molecular weight excluding hydrogens is 240 g/mol. The van der Waals surface area contributed by atoms with Crippen LogP contribution in [0.25, 0.3) is 0 Å². The van der Waals surface area contributed by atoms with Crippen LogP contribution in [0.3, 0.4) is 0 Å². The van der Waals surface area contributed by atoms with Crippen molar-refractivity contribution in [3.8, 4) is 0 Å². The zero-order valence-corrected chi connectivity index (χ0v) is 12.3. The molecule has 0 aromatic heterocycles. The number of aliphatic carboxylic acids is 1. The predicted octanol–water partition coefficient (Wildman–Crippen LogP) is 2.08. The Balaban J connectivity index is 1.93. The summed E-state index contributed by atoms with van der Waals surface area (Å²) in [6.07, 6.45) is 6.77. The lowest BCUT2D eigenvalue weighted by Crippen LogP contribution is -2.59. The highest BCUT2D eigenvalue weighted by Gasteiger charge is 2.49. The van der Waals surface area contributed by atoms with E-state index >= 15 is 0 Å². The number of likely N-dealkylation sites (tertiary alicyclic amines) is 1. The van der Waals surface area contributed by atoms with Gasteiger partial charge in [0.05, 0.1) is 0 Å². The molecule has 2 aliphatic rings. The molecule has 1 saturated heterocycles. The maximum Gasteiger partial charge on any atom is 0.325 e. The normalized spacial score (nSPS) is 26.9. The molecule has 2 fully saturated rings. The fraction of sp³-hybridized carbons (Fsp3) is 0.933. The zero-order valence-electron chi connectivity index (χ0n) is 12.3. The van der Waals surface area contributed by atoms with E-state index in [4.69, 9.17) is 5.73 Å². The van der Waals surface area contributed by atoms with Gasteiger partial charge in [0.2, 0.25) is 0 Å². The van der Waals surface area contributed by atoms with Gasteiger partial charge in [-0.15, -0.1) is 0 Å². The number of nitrogens with zero attached hydrogens (tertiary/aromatic N) is 1. The fourth-order valence-corrected chi connectivity index (χ4v) is 3.48. The molecule has 1 saturated carbocycles. The first-order valence-electron chi connectivity index (χ1n) is 7.70. The van der Waals surface area contributed by atoms with Gasteiger partial charge >= 0.3 is 5.97 Å². The van der Waals surface area contributed by atoms with Crippen molar-refractivity contribution in [1.82, 2.24) is 4.90 Å². The van der Waals surface area contributed by atoms with Gasteiger partial charge in [0, 0.05) is 6.54 Å². The third-order valence-electron chi connectivity index (χ3n) is 5.61. The molecule has 4 heteroatoms. The van der Waals surface area contributed by atoms with E-state index in [1.54, 1.807) is 0 Å².